The number of fused-ring (bicyclic) bond motifs is 2. The van der Waals surface area contributed by atoms with E-state index < -0.39 is 29.5 Å². The molecule has 4 aromatic heterocycles. The van der Waals surface area contributed by atoms with Gasteiger partial charge in [0.15, 0.2) is 5.65 Å². The van der Waals surface area contributed by atoms with Gasteiger partial charge in [0.1, 0.15) is 23.4 Å². The SMILES string of the molecule is CN1CCN(Cc2ccc(NC(=O)Nc3ccc(-c4cn(CCO)c5ncnc(NC(=O)OC(C)(C)C)c45)n4ccnc34)cc2C(F)(F)F)CC1. The van der Waals surface area contributed by atoms with Crippen molar-refractivity contribution in [1.29, 1.82) is 0 Å². The summed E-state index contributed by atoms with van der Waals surface area (Å²) in [7, 11) is 1.98. The second-order valence-corrected chi connectivity index (χ2v) is 13.3. The van der Waals surface area contributed by atoms with Crippen molar-refractivity contribution in [3.8, 4) is 11.3 Å². The summed E-state index contributed by atoms with van der Waals surface area (Å²) in [5.74, 6) is 0.184. The molecule has 5 heterocycles. The van der Waals surface area contributed by atoms with Crippen molar-refractivity contribution >= 4 is 46.0 Å². The van der Waals surface area contributed by atoms with E-state index >= 15 is 0 Å². The molecule has 14 nitrogen and oxygen atoms in total. The number of aliphatic hydroxyl groups is 1. The lowest BCUT2D eigenvalue weighted by Gasteiger charge is -2.33. The number of aliphatic hydroxyl groups excluding tert-OH is 1. The van der Waals surface area contributed by atoms with Gasteiger partial charge in [0.2, 0.25) is 0 Å². The van der Waals surface area contributed by atoms with Gasteiger partial charge < -0.3 is 29.9 Å². The fraction of sp³-hybridized carbons (Fsp3) is 0.382. The van der Waals surface area contributed by atoms with E-state index in [0.29, 0.717) is 41.0 Å². The summed E-state index contributed by atoms with van der Waals surface area (Å²) < 4.78 is 51.2. The number of hydrogen-bond donors (Lipinski definition) is 4. The number of carbonyl (C=O) groups is 2. The molecule has 6 rings (SSSR count). The lowest BCUT2D eigenvalue weighted by Crippen LogP contribution is -2.44. The molecule has 51 heavy (non-hydrogen) atoms. The molecule has 0 spiro atoms. The molecule has 3 amide bonds. The van der Waals surface area contributed by atoms with Crippen molar-refractivity contribution in [3.63, 3.8) is 0 Å². The number of imidazole rings is 1. The second-order valence-electron chi connectivity index (χ2n) is 13.3. The number of nitrogens with one attached hydrogen (secondary N) is 3. The standard InChI is InChI=1S/C34H39F3N10O4/c1-33(2,3)51-32(50)43-28-27-23(19-46(15-16-48)30(27)40-20-39-28)26-8-7-25(29-38-9-10-47(26)29)42-31(49)41-22-6-5-21(24(17-22)34(35,36)37)18-45-13-11-44(4)12-14-45/h5-10,17,19-20,48H,11-16,18H2,1-4H3,(H2,41,42,49)(H,39,40,43,50). The first-order valence-electron chi connectivity index (χ1n) is 16.3. The fourth-order valence-electron chi connectivity index (χ4n) is 6.01. The minimum Gasteiger partial charge on any atom is -0.444 e. The van der Waals surface area contributed by atoms with Gasteiger partial charge in [-0.05, 0) is 57.6 Å². The van der Waals surface area contributed by atoms with Crippen LogP contribution in [0.25, 0.3) is 27.9 Å². The molecule has 0 atom stereocenters. The van der Waals surface area contributed by atoms with Crippen LogP contribution in [0.3, 0.4) is 0 Å². The molecule has 1 aliphatic heterocycles. The van der Waals surface area contributed by atoms with Crippen LogP contribution in [0.1, 0.15) is 31.9 Å². The third kappa shape index (κ3) is 8.05. The highest BCUT2D eigenvalue weighted by Crippen LogP contribution is 2.37. The number of carbonyl (C=O) groups excluding carboxylic acids is 2. The molecule has 17 heteroatoms. The Morgan fingerprint density at radius 3 is 2.43 bits per heavy atom. The maximum absolute atomic E-state index is 14.1. The van der Waals surface area contributed by atoms with E-state index in [1.165, 1.54) is 24.7 Å². The largest absolute Gasteiger partial charge is 0.444 e. The highest BCUT2D eigenvalue weighted by Gasteiger charge is 2.34. The summed E-state index contributed by atoms with van der Waals surface area (Å²) in [4.78, 5) is 43.1. The number of rotatable bonds is 8. The maximum Gasteiger partial charge on any atom is 0.416 e. The number of hydrogen-bond acceptors (Lipinski definition) is 9. The van der Waals surface area contributed by atoms with Crippen LogP contribution < -0.4 is 16.0 Å². The maximum atomic E-state index is 14.1. The molecular weight excluding hydrogens is 669 g/mol. The van der Waals surface area contributed by atoms with Crippen molar-refractivity contribution in [2.75, 3.05) is 55.8 Å². The van der Waals surface area contributed by atoms with Gasteiger partial charge in [-0.1, -0.05) is 6.07 Å². The predicted octanol–water partition coefficient (Wildman–Crippen LogP) is 5.50. The molecule has 1 aromatic carbocycles. The van der Waals surface area contributed by atoms with Crippen LogP contribution in [0.5, 0.6) is 0 Å². The van der Waals surface area contributed by atoms with Crippen molar-refractivity contribution in [2.45, 2.75) is 45.6 Å². The van der Waals surface area contributed by atoms with E-state index in [2.05, 4.69) is 35.8 Å². The number of nitrogens with zero attached hydrogens (tertiary/aromatic N) is 7. The van der Waals surface area contributed by atoms with Gasteiger partial charge in [0.25, 0.3) is 0 Å². The third-order valence-electron chi connectivity index (χ3n) is 8.35. The molecule has 0 radical (unpaired) electrons. The number of ether oxygens (including phenoxy) is 1. The number of likely N-dealkylation sites (N-methyl/N-ethyl adjacent to an activating group) is 1. The number of alkyl halides is 3. The van der Waals surface area contributed by atoms with Crippen LogP contribution in [0, 0.1) is 0 Å². The van der Waals surface area contributed by atoms with Crippen LogP contribution in [0.2, 0.25) is 0 Å². The van der Waals surface area contributed by atoms with Crippen molar-refractivity contribution in [3.05, 3.63) is 66.4 Å². The van der Waals surface area contributed by atoms with E-state index in [0.717, 1.165) is 19.2 Å². The van der Waals surface area contributed by atoms with Crippen LogP contribution in [0.15, 0.2) is 55.2 Å². The number of amides is 3. The number of urea groups is 1. The summed E-state index contributed by atoms with van der Waals surface area (Å²) in [5, 5.41) is 18.1. The van der Waals surface area contributed by atoms with E-state index in [1.54, 1.807) is 54.3 Å². The molecule has 0 bridgehead atoms. The zero-order chi connectivity index (χ0) is 36.5. The Balaban J connectivity index is 1.27. The first kappa shape index (κ1) is 35.6. The molecular formula is C34H39F3N10O4. The normalized spacial score (nSPS) is 14.6. The monoisotopic (exact) mass is 708 g/mol. The Morgan fingerprint density at radius 2 is 1.73 bits per heavy atom. The summed E-state index contributed by atoms with van der Waals surface area (Å²) in [6.07, 6.45) is 0.929. The Hall–Kier alpha value is -5.26. The predicted molar refractivity (Wildman–Crippen MR) is 186 cm³/mol. The molecule has 270 valence electrons. The Kier molecular flexibility index (Phi) is 9.88. The molecule has 0 unspecified atom stereocenters. The number of anilines is 3. The Labute approximate surface area is 291 Å². The van der Waals surface area contributed by atoms with E-state index in [4.69, 9.17) is 4.74 Å². The molecule has 5 aromatic rings. The highest BCUT2D eigenvalue weighted by molar-refractivity contribution is 6.06. The number of aromatic nitrogens is 5. The zero-order valence-corrected chi connectivity index (χ0v) is 28.6. The van der Waals surface area contributed by atoms with Gasteiger partial charge in [-0.2, -0.15) is 13.2 Å². The molecule has 0 saturated carbocycles. The van der Waals surface area contributed by atoms with Gasteiger partial charge in [-0.3, -0.25) is 14.6 Å². The molecule has 1 saturated heterocycles. The number of pyridine rings is 1. The Bertz CT molecular complexity index is 2060. The van der Waals surface area contributed by atoms with Gasteiger partial charge in [0.05, 0.1) is 28.9 Å². The second kappa shape index (κ2) is 14.2. The number of benzene rings is 1. The molecule has 0 aliphatic carbocycles. The smallest absolute Gasteiger partial charge is 0.416 e. The molecule has 4 N–H and O–H groups in total. The van der Waals surface area contributed by atoms with Crippen molar-refractivity contribution in [1.82, 2.24) is 33.7 Å². The number of piperazine rings is 1. The summed E-state index contributed by atoms with van der Waals surface area (Å²) in [5.41, 5.74) is 0.807. The van der Waals surface area contributed by atoms with Gasteiger partial charge >= 0.3 is 18.3 Å². The third-order valence-corrected chi connectivity index (χ3v) is 8.35. The number of halogens is 3. The quantitative estimate of drug-likeness (QED) is 0.164. The van der Waals surface area contributed by atoms with Crippen molar-refractivity contribution in [2.24, 2.45) is 0 Å². The van der Waals surface area contributed by atoms with Crippen LogP contribution in [0.4, 0.5) is 40.0 Å². The Morgan fingerprint density at radius 1 is 0.961 bits per heavy atom. The van der Waals surface area contributed by atoms with E-state index in [9.17, 15) is 27.9 Å². The van der Waals surface area contributed by atoms with Gasteiger partial charge in [-0.15, -0.1) is 0 Å². The van der Waals surface area contributed by atoms with Crippen LogP contribution in [-0.2, 0) is 24.0 Å². The fourth-order valence-corrected chi connectivity index (χ4v) is 6.01. The zero-order valence-electron chi connectivity index (χ0n) is 28.6. The minimum absolute atomic E-state index is 0.0142. The first-order valence-corrected chi connectivity index (χ1v) is 16.3. The van der Waals surface area contributed by atoms with E-state index in [1.807, 2.05) is 11.9 Å². The lowest BCUT2D eigenvalue weighted by molar-refractivity contribution is -0.138. The average molecular weight is 709 g/mol. The van der Waals surface area contributed by atoms with Crippen molar-refractivity contribution < 1.29 is 32.6 Å². The summed E-state index contributed by atoms with van der Waals surface area (Å²) in [6.45, 7) is 8.29. The topological polar surface area (TPSA) is 154 Å². The van der Waals surface area contributed by atoms with Crippen LogP contribution >= 0.6 is 0 Å². The van der Waals surface area contributed by atoms with E-state index in [-0.39, 0.29) is 42.5 Å². The highest BCUT2D eigenvalue weighted by atomic mass is 19.4. The first-order chi connectivity index (χ1) is 24.2. The van der Waals surface area contributed by atoms with Gasteiger partial charge in [-0.25, -0.2) is 24.5 Å². The summed E-state index contributed by atoms with van der Waals surface area (Å²) >= 11 is 0. The lowest BCUT2D eigenvalue weighted by atomic mass is 10.0. The summed E-state index contributed by atoms with van der Waals surface area (Å²) in [6, 6.07) is 6.37. The van der Waals surface area contributed by atoms with Gasteiger partial charge in [0, 0.05) is 69.1 Å². The molecule has 1 aliphatic rings. The molecule has 1 fully saturated rings. The minimum atomic E-state index is -4.61. The van der Waals surface area contributed by atoms with Crippen LogP contribution in [-0.4, -0.2) is 96.4 Å². The average Bonchev–Trinajstić information content (AvgIpc) is 3.69.